The van der Waals surface area contributed by atoms with Gasteiger partial charge in [0.15, 0.2) is 5.60 Å². The maximum Gasteiger partial charge on any atom is 0.318 e. The minimum absolute atomic E-state index is 0.00925. The molecule has 2 aliphatic rings. The number of aromatic nitrogens is 2. The standard InChI is InChI=1S/C26H27N5O3S/c1-26(2,16-27)34-18-6-3-5-17(15-18)23-29-30-24(35-23)21-8-4-7-20-19(21)9-10-22(20)28-25(32)31-11-13-33-14-12-31/h3-8,15,22H,9-14H2,1-2H3,(H,28,32)/t22-/m1/s1. The molecule has 1 saturated heterocycles. The van der Waals surface area contributed by atoms with Gasteiger partial charge in [0.1, 0.15) is 21.8 Å². The lowest BCUT2D eigenvalue weighted by Crippen LogP contribution is -2.46. The summed E-state index contributed by atoms with van der Waals surface area (Å²) in [5.74, 6) is 0.616. The Morgan fingerprint density at radius 1 is 1.20 bits per heavy atom. The van der Waals surface area contributed by atoms with Crippen molar-refractivity contribution in [3.63, 3.8) is 0 Å². The van der Waals surface area contributed by atoms with Gasteiger partial charge in [-0.05, 0) is 49.9 Å². The summed E-state index contributed by atoms with van der Waals surface area (Å²) in [7, 11) is 0. The number of nitrogens with one attached hydrogen (secondary N) is 1. The Labute approximate surface area is 208 Å². The third kappa shape index (κ3) is 4.99. The van der Waals surface area contributed by atoms with Crippen molar-refractivity contribution < 1.29 is 14.3 Å². The average molecular weight is 490 g/mol. The van der Waals surface area contributed by atoms with E-state index in [4.69, 9.17) is 9.47 Å². The van der Waals surface area contributed by atoms with Crippen molar-refractivity contribution >= 4 is 17.4 Å². The second-order valence-corrected chi connectivity index (χ2v) is 10.2. The second-order valence-electron chi connectivity index (χ2n) is 9.18. The second kappa shape index (κ2) is 9.64. The molecule has 35 heavy (non-hydrogen) atoms. The van der Waals surface area contributed by atoms with Gasteiger partial charge >= 0.3 is 6.03 Å². The van der Waals surface area contributed by atoms with E-state index >= 15 is 0 Å². The molecule has 0 spiro atoms. The number of nitriles is 1. The average Bonchev–Trinajstić information content (AvgIpc) is 3.52. The highest BCUT2D eigenvalue weighted by Crippen LogP contribution is 2.40. The van der Waals surface area contributed by atoms with Crippen molar-refractivity contribution in [1.29, 1.82) is 5.26 Å². The molecule has 1 N–H and O–H groups in total. The third-order valence-electron chi connectivity index (χ3n) is 6.25. The van der Waals surface area contributed by atoms with E-state index in [0.717, 1.165) is 39.5 Å². The van der Waals surface area contributed by atoms with Gasteiger partial charge in [0, 0.05) is 24.2 Å². The summed E-state index contributed by atoms with van der Waals surface area (Å²) < 4.78 is 11.2. The highest BCUT2D eigenvalue weighted by molar-refractivity contribution is 7.17. The molecule has 2 aromatic carbocycles. The van der Waals surface area contributed by atoms with E-state index in [1.165, 1.54) is 16.9 Å². The van der Waals surface area contributed by atoms with Crippen LogP contribution in [0.1, 0.15) is 37.4 Å². The van der Waals surface area contributed by atoms with Crippen molar-refractivity contribution in [3.05, 3.63) is 53.6 Å². The molecule has 1 aliphatic carbocycles. The van der Waals surface area contributed by atoms with Gasteiger partial charge in [0.25, 0.3) is 0 Å². The number of rotatable bonds is 5. The van der Waals surface area contributed by atoms with Crippen LogP contribution in [-0.2, 0) is 11.2 Å². The van der Waals surface area contributed by atoms with Gasteiger partial charge in [-0.3, -0.25) is 0 Å². The molecule has 1 fully saturated rings. The largest absolute Gasteiger partial charge is 0.473 e. The number of fused-ring (bicyclic) bond motifs is 1. The van der Waals surface area contributed by atoms with Crippen LogP contribution in [0.4, 0.5) is 4.79 Å². The van der Waals surface area contributed by atoms with Crippen molar-refractivity contribution in [2.75, 3.05) is 26.3 Å². The molecule has 0 saturated carbocycles. The summed E-state index contributed by atoms with van der Waals surface area (Å²) in [6, 6.07) is 15.9. The predicted octanol–water partition coefficient (Wildman–Crippen LogP) is 4.58. The Balaban J connectivity index is 1.35. The molecule has 180 valence electrons. The first kappa shape index (κ1) is 23.3. The predicted molar refractivity (Wildman–Crippen MR) is 133 cm³/mol. The van der Waals surface area contributed by atoms with Crippen LogP contribution in [0.3, 0.4) is 0 Å². The number of morpholine rings is 1. The van der Waals surface area contributed by atoms with Crippen LogP contribution in [0.2, 0.25) is 0 Å². The Kier molecular flexibility index (Phi) is 6.41. The van der Waals surface area contributed by atoms with Crippen LogP contribution in [0.25, 0.3) is 21.1 Å². The summed E-state index contributed by atoms with van der Waals surface area (Å²) in [4.78, 5) is 14.5. The first-order chi connectivity index (χ1) is 16.9. The summed E-state index contributed by atoms with van der Waals surface area (Å²) in [5.41, 5.74) is 3.41. The number of urea groups is 1. The Morgan fingerprint density at radius 2 is 1.97 bits per heavy atom. The van der Waals surface area contributed by atoms with E-state index < -0.39 is 5.60 Å². The van der Waals surface area contributed by atoms with E-state index in [2.05, 4.69) is 33.7 Å². The first-order valence-electron chi connectivity index (χ1n) is 11.7. The van der Waals surface area contributed by atoms with Crippen LogP contribution in [0.5, 0.6) is 5.75 Å². The highest BCUT2D eigenvalue weighted by Gasteiger charge is 2.29. The van der Waals surface area contributed by atoms with Crippen LogP contribution < -0.4 is 10.1 Å². The smallest absolute Gasteiger partial charge is 0.318 e. The number of hydrogen-bond acceptors (Lipinski definition) is 7. The number of carbonyl (C=O) groups is 1. The topological polar surface area (TPSA) is 100 Å². The van der Waals surface area contributed by atoms with Gasteiger partial charge in [-0.15, -0.1) is 10.2 Å². The third-order valence-corrected chi connectivity index (χ3v) is 7.25. The summed E-state index contributed by atoms with van der Waals surface area (Å²) in [5, 5.41) is 23.0. The van der Waals surface area contributed by atoms with E-state index in [1.54, 1.807) is 13.8 Å². The van der Waals surface area contributed by atoms with Crippen LogP contribution >= 0.6 is 11.3 Å². The van der Waals surface area contributed by atoms with E-state index in [1.807, 2.05) is 35.2 Å². The lowest BCUT2D eigenvalue weighted by Gasteiger charge is -2.28. The van der Waals surface area contributed by atoms with Crippen LogP contribution in [-0.4, -0.2) is 53.0 Å². The molecule has 8 nitrogen and oxygen atoms in total. The Morgan fingerprint density at radius 3 is 2.77 bits per heavy atom. The van der Waals surface area contributed by atoms with Crippen LogP contribution in [0.15, 0.2) is 42.5 Å². The summed E-state index contributed by atoms with van der Waals surface area (Å²) >= 11 is 1.52. The Bertz CT molecular complexity index is 1280. The van der Waals surface area contributed by atoms with Gasteiger partial charge < -0.3 is 19.7 Å². The fraction of sp³-hybridized carbons (Fsp3) is 0.385. The molecule has 1 aliphatic heterocycles. The fourth-order valence-electron chi connectivity index (χ4n) is 4.47. The molecule has 5 rings (SSSR count). The number of nitrogens with zero attached hydrogens (tertiary/aromatic N) is 4. The number of carbonyl (C=O) groups excluding carboxylic acids is 1. The van der Waals surface area contributed by atoms with E-state index in [9.17, 15) is 10.1 Å². The summed E-state index contributed by atoms with van der Waals surface area (Å²) in [6.07, 6.45) is 1.74. The molecule has 1 aromatic heterocycles. The van der Waals surface area contributed by atoms with Crippen molar-refractivity contribution in [2.45, 2.75) is 38.3 Å². The van der Waals surface area contributed by atoms with Gasteiger partial charge in [0.2, 0.25) is 0 Å². The number of benzene rings is 2. The van der Waals surface area contributed by atoms with Gasteiger partial charge in [-0.2, -0.15) is 5.26 Å². The number of amides is 2. The molecule has 0 radical (unpaired) electrons. The lowest BCUT2D eigenvalue weighted by atomic mass is 10.0. The highest BCUT2D eigenvalue weighted by atomic mass is 32.1. The number of ether oxygens (including phenoxy) is 2. The Hall–Kier alpha value is -3.48. The molecule has 0 unspecified atom stereocenters. The van der Waals surface area contributed by atoms with E-state index in [-0.39, 0.29) is 12.1 Å². The minimum Gasteiger partial charge on any atom is -0.473 e. The van der Waals surface area contributed by atoms with Crippen molar-refractivity contribution in [1.82, 2.24) is 20.4 Å². The summed E-state index contributed by atoms with van der Waals surface area (Å²) in [6.45, 7) is 5.88. The maximum absolute atomic E-state index is 12.7. The molecule has 2 amide bonds. The normalized spacial score (nSPS) is 17.5. The quantitative estimate of drug-likeness (QED) is 0.563. The molecule has 0 bridgehead atoms. The minimum atomic E-state index is -0.913. The van der Waals surface area contributed by atoms with Crippen molar-refractivity contribution in [3.8, 4) is 33.0 Å². The van der Waals surface area contributed by atoms with Crippen molar-refractivity contribution in [2.24, 2.45) is 0 Å². The SMILES string of the molecule is CC(C)(C#N)Oc1cccc(-c2nnc(-c3cccc4c3CC[C@H]4NC(=O)N3CCOCC3)s2)c1. The van der Waals surface area contributed by atoms with E-state index in [0.29, 0.717) is 32.1 Å². The fourth-order valence-corrected chi connectivity index (χ4v) is 5.36. The maximum atomic E-state index is 12.7. The monoisotopic (exact) mass is 489 g/mol. The molecular weight excluding hydrogens is 462 g/mol. The van der Waals surface area contributed by atoms with Gasteiger partial charge in [0.05, 0.1) is 19.3 Å². The molecule has 9 heteroatoms. The zero-order valence-electron chi connectivity index (χ0n) is 19.8. The zero-order valence-corrected chi connectivity index (χ0v) is 20.6. The molecule has 1 atom stereocenters. The zero-order chi connectivity index (χ0) is 24.4. The van der Waals surface area contributed by atoms with Gasteiger partial charge in [-0.1, -0.05) is 41.7 Å². The van der Waals surface area contributed by atoms with Gasteiger partial charge in [-0.25, -0.2) is 4.79 Å². The molecular formula is C26H27N5O3S. The number of hydrogen-bond donors (Lipinski definition) is 1. The molecule has 3 aromatic rings. The lowest BCUT2D eigenvalue weighted by molar-refractivity contribution is 0.0525. The molecule has 2 heterocycles. The first-order valence-corrected chi connectivity index (χ1v) is 12.5. The van der Waals surface area contributed by atoms with Crippen LogP contribution in [0, 0.1) is 11.3 Å².